The molecule has 0 spiro atoms. The van der Waals surface area contributed by atoms with Crippen LogP contribution in [0.3, 0.4) is 0 Å². The maximum absolute atomic E-state index is 9.60. The van der Waals surface area contributed by atoms with Crippen LogP contribution in [-0.2, 0) is 52.2 Å². The van der Waals surface area contributed by atoms with Crippen molar-refractivity contribution in [3.63, 3.8) is 0 Å². The largest absolute Gasteiger partial charge is 3.00 e. The average Bonchev–Trinajstić information content (AvgIpc) is 2.78. The van der Waals surface area contributed by atoms with Crippen molar-refractivity contribution in [3.05, 3.63) is 40.5 Å². The third-order valence-electron chi connectivity index (χ3n) is 4.10. The summed E-state index contributed by atoms with van der Waals surface area (Å²) < 4.78 is 0. The molecule has 3 rings (SSSR count). The average molecular weight is 378 g/mol. The van der Waals surface area contributed by atoms with E-state index in [9.17, 15) is 4.79 Å². The van der Waals surface area contributed by atoms with Gasteiger partial charge in [0, 0.05) is 5.57 Å². The van der Waals surface area contributed by atoms with E-state index < -0.39 is 5.97 Å². The van der Waals surface area contributed by atoms with Gasteiger partial charge in [0.05, 0.1) is 0 Å². The number of fused-ring (bicyclic) bond motifs is 3. The molecule has 22 heavy (non-hydrogen) atoms. The van der Waals surface area contributed by atoms with E-state index in [2.05, 4.69) is 12.6 Å². The van der Waals surface area contributed by atoms with E-state index in [0.29, 0.717) is 0 Å². The molecular formula is C17H23Cl2O2Ti. The Morgan fingerprint density at radius 3 is 1.59 bits per heavy atom. The molecule has 1 radical (unpaired) electrons. The Bertz CT molecular complexity index is 453. The van der Waals surface area contributed by atoms with Crippen LogP contribution < -0.4 is 24.8 Å². The van der Waals surface area contributed by atoms with Gasteiger partial charge in [-0.2, -0.15) is 28.3 Å². The van der Waals surface area contributed by atoms with E-state index in [-0.39, 0.29) is 52.1 Å². The summed E-state index contributed by atoms with van der Waals surface area (Å²) in [6.07, 6.45) is 11.2. The number of hydrogen-bond donors (Lipinski definition) is 1. The second kappa shape index (κ2) is 11.4. The molecule has 0 saturated carbocycles. The van der Waals surface area contributed by atoms with Gasteiger partial charge in [-0.3, -0.25) is 0 Å². The summed E-state index contributed by atoms with van der Waals surface area (Å²) in [5.41, 5.74) is 7.12. The number of carboxylic acid groups (broad SMARTS) is 1. The molecule has 1 N–H and O–H groups in total. The molecule has 2 aliphatic carbocycles. The van der Waals surface area contributed by atoms with Crippen LogP contribution in [-0.4, -0.2) is 11.1 Å². The van der Waals surface area contributed by atoms with E-state index in [4.69, 9.17) is 5.11 Å². The summed E-state index contributed by atoms with van der Waals surface area (Å²) in [5.74, 6) is -0.935. The minimum Gasteiger partial charge on any atom is -1.00 e. The normalized spacial score (nSPS) is 14.4. The maximum atomic E-state index is 9.60. The summed E-state index contributed by atoms with van der Waals surface area (Å²) in [5, 5.41) is 7.89. The molecule has 0 aromatic heterocycles. The van der Waals surface area contributed by atoms with Gasteiger partial charge in [-0.15, -0.1) is 0 Å². The summed E-state index contributed by atoms with van der Waals surface area (Å²) in [7, 11) is 0. The number of halogens is 2. The summed E-state index contributed by atoms with van der Waals surface area (Å²) in [6, 6.07) is 2.52. The van der Waals surface area contributed by atoms with E-state index in [1.165, 1.54) is 58.3 Å². The smallest absolute Gasteiger partial charge is 1.00 e. The second-order valence-corrected chi connectivity index (χ2v) is 5.65. The first kappa shape index (κ1) is 24.1. The number of aryl methyl sites for hydroxylation is 2. The van der Waals surface area contributed by atoms with Crippen LogP contribution >= 0.6 is 0 Å². The Morgan fingerprint density at radius 1 is 0.955 bits per heavy atom. The summed E-state index contributed by atoms with van der Waals surface area (Å²) in [4.78, 5) is 9.60. The number of rotatable bonds is 1. The minimum absolute atomic E-state index is 0. The van der Waals surface area contributed by atoms with Gasteiger partial charge in [-0.25, -0.2) is 4.79 Å². The van der Waals surface area contributed by atoms with Gasteiger partial charge in [-0.05, 0) is 6.92 Å². The third kappa shape index (κ3) is 6.16. The van der Waals surface area contributed by atoms with Crippen molar-refractivity contribution in [2.24, 2.45) is 0 Å². The van der Waals surface area contributed by atoms with Gasteiger partial charge in [0.2, 0.25) is 0 Å². The zero-order valence-corrected chi connectivity index (χ0v) is 16.1. The van der Waals surface area contributed by atoms with Crippen molar-refractivity contribution in [1.29, 1.82) is 0 Å². The number of aliphatic carboxylic acids is 1. The molecule has 0 fully saturated rings. The molecule has 2 nitrogen and oxygen atoms in total. The minimum atomic E-state index is -0.935. The van der Waals surface area contributed by atoms with Gasteiger partial charge in [0.15, 0.2) is 0 Å². The second-order valence-electron chi connectivity index (χ2n) is 5.65. The monoisotopic (exact) mass is 377 g/mol. The van der Waals surface area contributed by atoms with Crippen LogP contribution in [0.15, 0.2) is 18.2 Å². The Balaban J connectivity index is 0. The Kier molecular flexibility index (Phi) is 12.5. The number of carboxylic acids is 1. The fraction of sp³-hybridized carbons (Fsp3) is 0.529. The van der Waals surface area contributed by atoms with Crippen LogP contribution in [0.2, 0.25) is 0 Å². The topological polar surface area (TPSA) is 37.3 Å². The van der Waals surface area contributed by atoms with Crippen molar-refractivity contribution in [2.45, 2.75) is 58.3 Å². The molecule has 0 atom stereocenters. The number of carbonyl (C=O) groups is 1. The molecule has 0 aliphatic heterocycles. The van der Waals surface area contributed by atoms with Gasteiger partial charge in [0.1, 0.15) is 0 Å². The maximum Gasteiger partial charge on any atom is 3.00 e. The van der Waals surface area contributed by atoms with Crippen molar-refractivity contribution in [1.82, 2.24) is 0 Å². The first-order valence-corrected chi connectivity index (χ1v) is 7.27. The van der Waals surface area contributed by atoms with Crippen LogP contribution in [0.4, 0.5) is 0 Å². The van der Waals surface area contributed by atoms with Gasteiger partial charge in [0.25, 0.3) is 0 Å². The SMILES string of the molecule is C=C(C)C(=O)O.[Cl-].[Cl-].[Ti+3].[cH-]1c2c(c3c1CCCC3)CCCC2. The molecular weight excluding hydrogens is 355 g/mol. The van der Waals surface area contributed by atoms with Crippen molar-refractivity contribution in [2.75, 3.05) is 0 Å². The fourth-order valence-electron chi connectivity index (χ4n) is 3.08. The molecule has 0 unspecified atom stereocenters. The molecule has 0 saturated heterocycles. The standard InChI is InChI=1S/C13H17.C4H6O2.2ClH.Ti/c1-3-7-12-10(5-1)9-11-6-2-4-8-13(11)12;1-3(2)4(5)6;;;/h9H,1-8H2;1H2,2H3,(H,5,6);2*1H;/q-1;;;;+3/p-2. The molecule has 0 bridgehead atoms. The van der Waals surface area contributed by atoms with E-state index in [1.54, 1.807) is 22.3 Å². The molecule has 121 valence electrons. The summed E-state index contributed by atoms with van der Waals surface area (Å²) in [6.45, 7) is 4.60. The molecule has 0 amide bonds. The van der Waals surface area contributed by atoms with Crippen LogP contribution in [0.5, 0.6) is 0 Å². The van der Waals surface area contributed by atoms with Crippen LogP contribution in [0.25, 0.3) is 0 Å². The van der Waals surface area contributed by atoms with E-state index in [1.807, 2.05) is 0 Å². The number of hydrogen-bond acceptors (Lipinski definition) is 1. The van der Waals surface area contributed by atoms with Crippen LogP contribution in [0.1, 0.15) is 54.9 Å². The molecule has 1 aromatic carbocycles. The molecule has 2 aliphatic rings. The van der Waals surface area contributed by atoms with Gasteiger partial charge in [-0.1, -0.05) is 57.9 Å². The molecule has 1 aromatic rings. The summed E-state index contributed by atoms with van der Waals surface area (Å²) >= 11 is 0. The Hall–Kier alpha value is -0.146. The Morgan fingerprint density at radius 2 is 1.27 bits per heavy atom. The zero-order chi connectivity index (χ0) is 13.8. The van der Waals surface area contributed by atoms with E-state index >= 15 is 0 Å². The van der Waals surface area contributed by atoms with E-state index in [0.717, 1.165) is 0 Å². The first-order chi connectivity index (χ1) is 9.09. The van der Waals surface area contributed by atoms with Crippen molar-refractivity contribution < 1.29 is 56.4 Å². The van der Waals surface area contributed by atoms with Crippen LogP contribution in [0, 0.1) is 0 Å². The van der Waals surface area contributed by atoms with Gasteiger partial charge >= 0.3 is 27.7 Å². The molecule has 5 heteroatoms. The molecule has 0 heterocycles. The van der Waals surface area contributed by atoms with Gasteiger partial charge < -0.3 is 29.9 Å². The third-order valence-corrected chi connectivity index (χ3v) is 4.10. The van der Waals surface area contributed by atoms with Crippen molar-refractivity contribution >= 4 is 5.97 Å². The predicted molar refractivity (Wildman–Crippen MR) is 77.8 cm³/mol. The Labute approximate surface area is 160 Å². The quantitative estimate of drug-likeness (QED) is 0.343. The predicted octanol–water partition coefficient (Wildman–Crippen LogP) is -2.18. The van der Waals surface area contributed by atoms with Crippen molar-refractivity contribution in [3.8, 4) is 0 Å². The first-order valence-electron chi connectivity index (χ1n) is 7.27. The fourth-order valence-corrected chi connectivity index (χ4v) is 3.08. The zero-order valence-electron chi connectivity index (χ0n) is 13.1.